The molecule has 2 aromatic heterocycles. The lowest BCUT2D eigenvalue weighted by atomic mass is 9.91. The number of ether oxygens (including phenoxy) is 5. The number of fused-ring (bicyclic) bond motifs is 6. The molecule has 18 heteroatoms. The second kappa shape index (κ2) is 19.2. The molecule has 0 radical (unpaired) electrons. The molecule has 4 heterocycles. The summed E-state index contributed by atoms with van der Waals surface area (Å²) in [5, 5.41) is 2.98. The van der Waals surface area contributed by atoms with Crippen molar-refractivity contribution in [3.63, 3.8) is 0 Å². The molecule has 0 fully saturated rings. The number of pyridine rings is 2. The zero-order valence-electron chi connectivity index (χ0n) is 38.0. The van der Waals surface area contributed by atoms with Crippen LogP contribution in [0.3, 0.4) is 0 Å². The van der Waals surface area contributed by atoms with E-state index >= 15 is 0 Å². The number of nitrogens with one attached hydrogen (secondary N) is 3. The molecule has 5 N–H and O–H groups in total. The first-order valence-electron chi connectivity index (χ1n) is 20.7. The van der Waals surface area contributed by atoms with Gasteiger partial charge in [0.25, 0.3) is 0 Å². The molecule has 344 valence electrons. The fourth-order valence-corrected chi connectivity index (χ4v) is 8.49. The zero-order chi connectivity index (χ0) is 46.5. The number of carbonyl (C=O) groups excluding carboxylic acids is 1. The predicted molar refractivity (Wildman–Crippen MR) is 245 cm³/mol. The lowest BCUT2D eigenvalue weighted by molar-refractivity contribution is 0.0408. The number of sulfonamides is 2. The maximum absolute atomic E-state index is 12.4. The number of anilines is 2. The number of rotatable bonds is 15. The zero-order valence-corrected chi connectivity index (χ0v) is 39.7. The van der Waals surface area contributed by atoms with Crippen LogP contribution >= 0.6 is 0 Å². The van der Waals surface area contributed by atoms with E-state index in [1.807, 2.05) is 71.0 Å². The van der Waals surface area contributed by atoms with Crippen molar-refractivity contribution in [3.8, 4) is 45.3 Å². The van der Waals surface area contributed by atoms with Crippen LogP contribution in [0.25, 0.3) is 22.3 Å². The summed E-state index contributed by atoms with van der Waals surface area (Å²) in [5.74, 6) is 3.87. The van der Waals surface area contributed by atoms with Crippen molar-refractivity contribution in [2.45, 2.75) is 105 Å². The lowest BCUT2D eigenvalue weighted by Gasteiger charge is -2.33. The smallest absolute Gasteiger partial charge is 0.408 e. The molecule has 63 heavy (non-hydrogen) atoms. The fraction of sp³-hybridized carbons (Fsp3) is 0.489. The molecule has 2 atom stereocenters. The summed E-state index contributed by atoms with van der Waals surface area (Å²) < 4.78 is 80.0. The minimum absolute atomic E-state index is 0.223. The van der Waals surface area contributed by atoms with Crippen LogP contribution in [0.5, 0.6) is 23.0 Å². The van der Waals surface area contributed by atoms with Crippen LogP contribution in [-0.4, -0.2) is 75.3 Å². The van der Waals surface area contributed by atoms with Crippen molar-refractivity contribution in [3.05, 3.63) is 72.1 Å². The summed E-state index contributed by atoms with van der Waals surface area (Å²) >= 11 is 0. The number of carbonyl (C=O) groups is 1. The Kier molecular flexibility index (Phi) is 14.8. The third-order valence-electron chi connectivity index (χ3n) is 9.48. The maximum Gasteiger partial charge on any atom is 0.408 e. The van der Waals surface area contributed by atoms with Crippen molar-refractivity contribution in [1.29, 1.82) is 0 Å². The molecule has 2 aliphatic heterocycles. The van der Waals surface area contributed by atoms with Crippen molar-refractivity contribution >= 4 is 37.8 Å². The monoisotopic (exact) mass is 910 g/mol. The first kappa shape index (κ1) is 48.7. The van der Waals surface area contributed by atoms with Gasteiger partial charge in [-0.25, -0.2) is 31.6 Å². The Labute approximate surface area is 372 Å². The van der Waals surface area contributed by atoms with Gasteiger partial charge in [-0.15, -0.1) is 0 Å². The Morgan fingerprint density at radius 1 is 0.698 bits per heavy atom. The number of aromatic nitrogens is 2. The number of nitrogens with two attached hydrogens (primary N) is 1. The predicted octanol–water partition coefficient (Wildman–Crippen LogP) is 7.88. The summed E-state index contributed by atoms with van der Waals surface area (Å²) in [5.41, 5.74) is 9.97. The number of hydrogen-bond donors (Lipinski definition) is 4. The third-order valence-corrected chi connectivity index (χ3v) is 10.6. The van der Waals surface area contributed by atoms with E-state index in [1.165, 1.54) is 12.4 Å². The number of alkyl carbamates (subject to hydrolysis) is 1. The average molecular weight is 911 g/mol. The molecule has 0 aliphatic carbocycles. The van der Waals surface area contributed by atoms with E-state index in [-0.39, 0.29) is 18.2 Å². The van der Waals surface area contributed by atoms with Crippen LogP contribution in [-0.2, 0) is 38.0 Å². The highest BCUT2D eigenvalue weighted by atomic mass is 32.2. The van der Waals surface area contributed by atoms with Gasteiger partial charge in [0.05, 0.1) is 30.4 Å². The molecular formula is C45H62N6O10S2. The normalized spacial score (nSPS) is 15.0. The Hall–Kier alpha value is -5.33. The molecule has 0 spiro atoms. The minimum atomic E-state index is -3.45. The molecule has 1 amide bonds. The number of benzene rings is 2. The van der Waals surface area contributed by atoms with Crippen LogP contribution in [0.4, 0.5) is 16.4 Å². The van der Waals surface area contributed by atoms with Crippen LogP contribution in [0.1, 0.15) is 86.3 Å². The maximum atomic E-state index is 12.4. The van der Waals surface area contributed by atoms with Gasteiger partial charge in [0.2, 0.25) is 20.0 Å². The number of amides is 1. The molecular weight excluding hydrogens is 849 g/mol. The quantitative estimate of drug-likeness (QED) is 0.0893. The SMILES string of the molecule is CC(C)C[C@@](C)(COc1ccc2c(c1)COc1cnc(NS(C)(=O)=O)cc1-2)NC(=O)OC(C)(C)C.CC(C)C[C@](C)(N)COc1ccc2c(c1)COc1cnc(NS(C)(=O)=O)cc1-2. The van der Waals surface area contributed by atoms with Crippen molar-refractivity contribution in [2.24, 2.45) is 17.6 Å². The van der Waals surface area contributed by atoms with E-state index in [0.29, 0.717) is 55.3 Å². The summed E-state index contributed by atoms with van der Waals surface area (Å²) in [6, 6.07) is 14.8. The first-order valence-corrected chi connectivity index (χ1v) is 24.5. The second-order valence-electron chi connectivity index (χ2n) is 18.7. The molecule has 16 nitrogen and oxygen atoms in total. The fourth-order valence-electron chi connectivity index (χ4n) is 7.50. The van der Waals surface area contributed by atoms with E-state index in [4.69, 9.17) is 29.4 Å². The number of nitrogens with zero attached hydrogens (tertiary/aromatic N) is 2. The molecule has 6 rings (SSSR count). The molecule has 2 aromatic carbocycles. The topological polar surface area (TPSA) is 219 Å². The van der Waals surface area contributed by atoms with Gasteiger partial charge in [-0.1, -0.05) is 39.8 Å². The highest BCUT2D eigenvalue weighted by Gasteiger charge is 2.31. The summed E-state index contributed by atoms with van der Waals surface area (Å²) in [6.45, 7) is 19.3. The van der Waals surface area contributed by atoms with Gasteiger partial charge in [-0.2, -0.15) is 0 Å². The van der Waals surface area contributed by atoms with Crippen LogP contribution in [0.15, 0.2) is 60.9 Å². The largest absolute Gasteiger partial charge is 0.492 e. The third kappa shape index (κ3) is 14.9. The Morgan fingerprint density at radius 3 is 1.56 bits per heavy atom. The van der Waals surface area contributed by atoms with Gasteiger partial charge >= 0.3 is 6.09 Å². The Morgan fingerprint density at radius 2 is 1.14 bits per heavy atom. The standard InChI is InChI=1S/C25H35N3O6S.C20H27N3O4S/c1-16(2)12-25(6,27-23(29)34-24(3,4)5)15-33-18-8-9-19-17(10-18)14-32-21-13-26-22(11-20(19)21)28-35(7,30)31;1-13(2)9-20(3,21)12-27-15-5-6-16-14(7-15)11-26-18-10-22-19(8-17(16)18)23-28(4,24)25/h8-11,13,16H,12,14-15H2,1-7H3,(H,26,28)(H,27,29);5-8,10,13H,9,11-12,21H2,1-4H3,(H,22,23)/t25-;20-/m00/s1. The van der Waals surface area contributed by atoms with Crippen molar-refractivity contribution < 1.29 is 45.3 Å². The molecule has 2 aliphatic rings. The molecule has 0 bridgehead atoms. The highest BCUT2D eigenvalue weighted by molar-refractivity contribution is 7.92. The highest BCUT2D eigenvalue weighted by Crippen LogP contribution is 2.41. The van der Waals surface area contributed by atoms with Crippen molar-refractivity contribution in [2.75, 3.05) is 35.2 Å². The molecule has 4 aromatic rings. The van der Waals surface area contributed by atoms with Gasteiger partial charge in [0.1, 0.15) is 66.7 Å². The molecule has 0 saturated heterocycles. The van der Waals surface area contributed by atoms with Gasteiger partial charge in [-0.3, -0.25) is 9.44 Å². The summed E-state index contributed by atoms with van der Waals surface area (Å²) in [4.78, 5) is 20.6. The van der Waals surface area contributed by atoms with Crippen LogP contribution in [0, 0.1) is 11.8 Å². The molecule has 0 unspecified atom stereocenters. The lowest BCUT2D eigenvalue weighted by Crippen LogP contribution is -2.52. The minimum Gasteiger partial charge on any atom is -0.492 e. The summed E-state index contributed by atoms with van der Waals surface area (Å²) in [6.07, 6.45) is 6.30. The first-order chi connectivity index (χ1) is 29.1. The number of hydrogen-bond acceptors (Lipinski definition) is 13. The van der Waals surface area contributed by atoms with Gasteiger partial charge in [0, 0.05) is 27.8 Å². The Bertz CT molecular complexity index is 2510. The average Bonchev–Trinajstić information content (AvgIpc) is 3.13. The second-order valence-corrected chi connectivity index (χ2v) is 22.2. The van der Waals surface area contributed by atoms with E-state index in [9.17, 15) is 21.6 Å². The van der Waals surface area contributed by atoms with Crippen LogP contribution < -0.4 is 39.4 Å². The van der Waals surface area contributed by atoms with E-state index in [0.717, 1.165) is 58.1 Å². The van der Waals surface area contributed by atoms with E-state index in [1.54, 1.807) is 12.1 Å². The molecule has 0 saturated carbocycles. The van der Waals surface area contributed by atoms with Crippen LogP contribution in [0.2, 0.25) is 0 Å². The van der Waals surface area contributed by atoms with E-state index < -0.39 is 42.8 Å². The van der Waals surface area contributed by atoms with Gasteiger partial charge < -0.3 is 34.7 Å². The van der Waals surface area contributed by atoms with Gasteiger partial charge in [-0.05, 0) is 107 Å². The Balaban J connectivity index is 0.000000243. The van der Waals surface area contributed by atoms with Crippen molar-refractivity contribution in [1.82, 2.24) is 15.3 Å². The van der Waals surface area contributed by atoms with Gasteiger partial charge in [0.15, 0.2) is 0 Å². The summed E-state index contributed by atoms with van der Waals surface area (Å²) in [7, 11) is -6.85. The van der Waals surface area contributed by atoms with E-state index in [2.05, 4.69) is 52.4 Å².